The molecule has 0 spiro atoms. The predicted molar refractivity (Wildman–Crippen MR) is 129 cm³/mol. The Balaban J connectivity index is 1.64. The first-order chi connectivity index (χ1) is 16.5. The van der Waals surface area contributed by atoms with Gasteiger partial charge in [0.15, 0.2) is 0 Å². The van der Waals surface area contributed by atoms with Crippen molar-refractivity contribution in [1.82, 2.24) is 20.0 Å². The molecular formula is C25H42N4O5. The average Bonchev–Trinajstić information content (AvgIpc) is 3.13. The van der Waals surface area contributed by atoms with Crippen LogP contribution in [0.4, 0.5) is 0 Å². The fourth-order valence-corrected chi connectivity index (χ4v) is 5.02. The quantitative estimate of drug-likeness (QED) is 0.477. The molecule has 0 aromatic carbocycles. The molecule has 0 bridgehead atoms. The van der Waals surface area contributed by atoms with Crippen LogP contribution in [0.2, 0.25) is 0 Å². The molecule has 1 N–H and O–H groups in total. The van der Waals surface area contributed by atoms with Crippen LogP contribution in [0.25, 0.3) is 0 Å². The summed E-state index contributed by atoms with van der Waals surface area (Å²) >= 11 is 0. The molecule has 0 aliphatic carbocycles. The molecule has 3 aliphatic rings. The van der Waals surface area contributed by atoms with Crippen LogP contribution in [0.15, 0.2) is 11.3 Å². The third-order valence-electron chi connectivity index (χ3n) is 7.07. The van der Waals surface area contributed by atoms with Crippen LogP contribution in [0.3, 0.4) is 0 Å². The third-order valence-corrected chi connectivity index (χ3v) is 7.07. The number of nitrogens with zero attached hydrogens (tertiary/aromatic N) is 3. The largest absolute Gasteiger partial charge is 0.385 e. The molecule has 2 fully saturated rings. The van der Waals surface area contributed by atoms with Gasteiger partial charge in [-0.05, 0) is 32.6 Å². The van der Waals surface area contributed by atoms with Gasteiger partial charge in [0.05, 0.1) is 19.1 Å². The van der Waals surface area contributed by atoms with Gasteiger partial charge in [-0.3, -0.25) is 19.3 Å². The molecular weight excluding hydrogens is 436 g/mol. The summed E-state index contributed by atoms with van der Waals surface area (Å²) in [6, 6.07) is 0. The number of ether oxygens (including phenoxy) is 2. The second kappa shape index (κ2) is 13.8. The van der Waals surface area contributed by atoms with Crippen LogP contribution < -0.4 is 5.32 Å². The summed E-state index contributed by atoms with van der Waals surface area (Å²) < 4.78 is 10.5. The van der Waals surface area contributed by atoms with Gasteiger partial charge in [-0.25, -0.2) is 0 Å². The monoisotopic (exact) mass is 478 g/mol. The molecule has 3 aliphatic heterocycles. The van der Waals surface area contributed by atoms with E-state index in [0.29, 0.717) is 38.1 Å². The van der Waals surface area contributed by atoms with Crippen molar-refractivity contribution in [1.29, 1.82) is 0 Å². The molecule has 0 radical (unpaired) electrons. The van der Waals surface area contributed by atoms with Crippen molar-refractivity contribution in [3.8, 4) is 0 Å². The maximum absolute atomic E-state index is 13.5. The van der Waals surface area contributed by atoms with Crippen LogP contribution in [0.5, 0.6) is 0 Å². The highest BCUT2D eigenvalue weighted by Gasteiger charge is 2.37. The summed E-state index contributed by atoms with van der Waals surface area (Å²) in [7, 11) is 1.64. The molecule has 9 nitrogen and oxygen atoms in total. The van der Waals surface area contributed by atoms with Gasteiger partial charge in [-0.2, -0.15) is 0 Å². The zero-order valence-corrected chi connectivity index (χ0v) is 21.0. The lowest BCUT2D eigenvalue weighted by molar-refractivity contribution is -0.139. The van der Waals surface area contributed by atoms with E-state index < -0.39 is 5.92 Å². The standard InChI is InChI=1S/C25H42N4O5/c1-20-22(25(32)28-9-5-3-4-6-10-28)18-21(24(31)29(20)11-7-15-33-2)19-23(30)26-8-12-27-13-16-34-17-14-27/h21H,3-19H2,1-2H3,(H,26,30). The van der Waals surface area contributed by atoms with E-state index in [1.165, 1.54) is 0 Å². The highest BCUT2D eigenvalue weighted by atomic mass is 16.5. The lowest BCUT2D eigenvalue weighted by Gasteiger charge is -2.36. The number of carbonyl (C=O) groups excluding carboxylic acids is 3. The second-order valence-electron chi connectivity index (χ2n) is 9.52. The van der Waals surface area contributed by atoms with E-state index in [2.05, 4.69) is 10.2 Å². The van der Waals surface area contributed by atoms with Crippen molar-refractivity contribution in [3.05, 3.63) is 11.3 Å². The Hall–Kier alpha value is -1.97. The summed E-state index contributed by atoms with van der Waals surface area (Å²) in [6.45, 7) is 8.95. The SMILES string of the molecule is COCCCN1C(=O)C(CC(=O)NCCN2CCOCC2)CC(C(=O)N2CCCCCC2)=C1C. The zero-order valence-electron chi connectivity index (χ0n) is 21.0. The minimum absolute atomic E-state index is 0.0290. The van der Waals surface area contributed by atoms with Gasteiger partial charge in [0, 0.05) is 77.2 Å². The molecule has 1 atom stereocenters. The Morgan fingerprint density at radius 3 is 2.44 bits per heavy atom. The smallest absolute Gasteiger partial charge is 0.251 e. The lowest BCUT2D eigenvalue weighted by atomic mass is 9.88. The summed E-state index contributed by atoms with van der Waals surface area (Å²) in [5, 5.41) is 2.97. The minimum atomic E-state index is -0.513. The van der Waals surface area contributed by atoms with Crippen molar-refractivity contribution < 1.29 is 23.9 Å². The van der Waals surface area contributed by atoms with Gasteiger partial charge < -0.3 is 24.6 Å². The highest BCUT2D eigenvalue weighted by molar-refractivity contribution is 5.98. The van der Waals surface area contributed by atoms with Crippen LogP contribution in [-0.2, 0) is 23.9 Å². The number of methoxy groups -OCH3 is 1. The van der Waals surface area contributed by atoms with Gasteiger partial charge in [-0.1, -0.05) is 12.8 Å². The van der Waals surface area contributed by atoms with E-state index in [1.807, 2.05) is 11.8 Å². The maximum atomic E-state index is 13.5. The van der Waals surface area contributed by atoms with E-state index in [-0.39, 0.29) is 24.1 Å². The fraction of sp³-hybridized carbons (Fsp3) is 0.800. The fourth-order valence-electron chi connectivity index (χ4n) is 5.02. The molecule has 3 rings (SSSR count). The van der Waals surface area contributed by atoms with Crippen LogP contribution in [-0.4, -0.2) is 105 Å². The molecule has 3 heterocycles. The zero-order chi connectivity index (χ0) is 24.3. The molecule has 1 unspecified atom stereocenters. The first kappa shape index (κ1) is 26.6. The topological polar surface area (TPSA) is 91.4 Å². The summed E-state index contributed by atoms with van der Waals surface area (Å²) in [5.41, 5.74) is 1.42. The van der Waals surface area contributed by atoms with Crippen LogP contribution in [0.1, 0.15) is 51.9 Å². The first-order valence-corrected chi connectivity index (χ1v) is 12.9. The van der Waals surface area contributed by atoms with Gasteiger partial charge >= 0.3 is 0 Å². The van der Waals surface area contributed by atoms with E-state index in [9.17, 15) is 14.4 Å². The molecule has 192 valence electrons. The van der Waals surface area contributed by atoms with Gasteiger partial charge in [-0.15, -0.1) is 0 Å². The van der Waals surface area contributed by atoms with Crippen molar-refractivity contribution in [2.24, 2.45) is 5.92 Å². The first-order valence-electron chi connectivity index (χ1n) is 12.9. The summed E-state index contributed by atoms with van der Waals surface area (Å²) in [6.07, 6.45) is 5.45. The van der Waals surface area contributed by atoms with Crippen molar-refractivity contribution in [2.45, 2.75) is 51.9 Å². The van der Waals surface area contributed by atoms with Crippen LogP contribution >= 0.6 is 0 Å². The van der Waals surface area contributed by atoms with E-state index in [0.717, 1.165) is 77.3 Å². The van der Waals surface area contributed by atoms with Crippen LogP contribution in [0, 0.1) is 5.92 Å². The van der Waals surface area contributed by atoms with E-state index >= 15 is 0 Å². The Kier molecular flexibility index (Phi) is 10.8. The number of nitrogens with one attached hydrogen (secondary N) is 1. The molecule has 9 heteroatoms. The minimum Gasteiger partial charge on any atom is -0.385 e. The van der Waals surface area contributed by atoms with Crippen molar-refractivity contribution in [3.63, 3.8) is 0 Å². The van der Waals surface area contributed by atoms with E-state index in [4.69, 9.17) is 9.47 Å². The number of allylic oxidation sites excluding steroid dienone is 1. The molecule has 34 heavy (non-hydrogen) atoms. The Labute approximate surface area is 203 Å². The summed E-state index contributed by atoms with van der Waals surface area (Å²) in [5.74, 6) is -0.684. The second-order valence-corrected chi connectivity index (χ2v) is 9.52. The molecule has 0 aromatic heterocycles. The number of amides is 3. The number of hydrogen-bond donors (Lipinski definition) is 1. The number of likely N-dealkylation sites (tertiary alicyclic amines) is 1. The summed E-state index contributed by atoms with van der Waals surface area (Å²) in [4.78, 5) is 45.4. The third kappa shape index (κ3) is 7.52. The Morgan fingerprint density at radius 1 is 1.06 bits per heavy atom. The number of morpholine rings is 1. The van der Waals surface area contributed by atoms with Gasteiger partial charge in [0.2, 0.25) is 11.8 Å². The Morgan fingerprint density at radius 2 is 1.76 bits per heavy atom. The lowest BCUT2D eigenvalue weighted by Crippen LogP contribution is -2.46. The predicted octanol–water partition coefficient (Wildman–Crippen LogP) is 1.39. The number of rotatable bonds is 10. The van der Waals surface area contributed by atoms with E-state index in [1.54, 1.807) is 12.0 Å². The molecule has 0 aromatic rings. The number of hydrogen-bond acceptors (Lipinski definition) is 6. The highest BCUT2D eigenvalue weighted by Crippen LogP contribution is 2.31. The molecule has 3 amide bonds. The Bertz CT molecular complexity index is 727. The van der Waals surface area contributed by atoms with Crippen molar-refractivity contribution in [2.75, 3.05) is 72.7 Å². The number of carbonyl (C=O) groups is 3. The molecule has 2 saturated heterocycles. The normalized spacial score (nSPS) is 22.6. The average molecular weight is 479 g/mol. The van der Waals surface area contributed by atoms with Gasteiger partial charge in [0.25, 0.3) is 5.91 Å². The van der Waals surface area contributed by atoms with Gasteiger partial charge in [0.1, 0.15) is 0 Å². The van der Waals surface area contributed by atoms with Crippen molar-refractivity contribution >= 4 is 17.7 Å². The maximum Gasteiger partial charge on any atom is 0.251 e. The molecule has 0 saturated carbocycles.